The molecule has 19 heavy (non-hydrogen) atoms. The highest BCUT2D eigenvalue weighted by molar-refractivity contribution is 6.39. The van der Waals surface area contributed by atoms with E-state index in [9.17, 15) is 4.79 Å². The van der Waals surface area contributed by atoms with Crippen LogP contribution in [0.3, 0.4) is 0 Å². The SMILES string of the molecule is COc1ccc(NC(=O)N2CCC(Cl)=C(Cl)C2)cc1. The molecule has 0 bridgehead atoms. The zero-order valence-electron chi connectivity index (χ0n) is 10.5. The van der Waals surface area contributed by atoms with Gasteiger partial charge < -0.3 is 15.0 Å². The number of urea groups is 1. The van der Waals surface area contributed by atoms with Gasteiger partial charge in [0, 0.05) is 23.7 Å². The molecule has 0 saturated heterocycles. The summed E-state index contributed by atoms with van der Waals surface area (Å²) < 4.78 is 5.06. The van der Waals surface area contributed by atoms with E-state index < -0.39 is 0 Å². The van der Waals surface area contributed by atoms with Crippen LogP contribution in [-0.4, -0.2) is 31.1 Å². The quantitative estimate of drug-likeness (QED) is 0.906. The maximum Gasteiger partial charge on any atom is 0.322 e. The number of hydrogen-bond donors (Lipinski definition) is 1. The van der Waals surface area contributed by atoms with Crippen molar-refractivity contribution in [3.8, 4) is 5.75 Å². The van der Waals surface area contributed by atoms with Crippen LogP contribution in [0.15, 0.2) is 34.3 Å². The van der Waals surface area contributed by atoms with Crippen molar-refractivity contribution in [2.75, 3.05) is 25.5 Å². The minimum absolute atomic E-state index is 0.188. The molecule has 2 rings (SSSR count). The zero-order valence-corrected chi connectivity index (χ0v) is 12.0. The van der Waals surface area contributed by atoms with E-state index in [-0.39, 0.29) is 6.03 Å². The van der Waals surface area contributed by atoms with E-state index in [1.807, 2.05) is 0 Å². The standard InChI is InChI=1S/C13H14Cl2N2O2/c1-19-10-4-2-9(3-5-10)16-13(18)17-7-6-11(14)12(15)8-17/h2-5H,6-8H2,1H3,(H,16,18). The van der Waals surface area contributed by atoms with Gasteiger partial charge in [0.1, 0.15) is 5.75 Å². The number of rotatable bonds is 2. The Morgan fingerprint density at radius 2 is 1.95 bits per heavy atom. The summed E-state index contributed by atoms with van der Waals surface area (Å²) in [6.45, 7) is 0.916. The van der Waals surface area contributed by atoms with Crippen LogP contribution in [-0.2, 0) is 0 Å². The van der Waals surface area contributed by atoms with Crippen LogP contribution in [0.25, 0.3) is 0 Å². The fourth-order valence-electron chi connectivity index (χ4n) is 1.75. The van der Waals surface area contributed by atoms with Crippen LogP contribution in [0.1, 0.15) is 6.42 Å². The number of anilines is 1. The summed E-state index contributed by atoms with van der Waals surface area (Å²) in [5.74, 6) is 0.744. The van der Waals surface area contributed by atoms with E-state index in [1.54, 1.807) is 36.3 Å². The Hall–Kier alpha value is -1.39. The molecule has 102 valence electrons. The van der Waals surface area contributed by atoms with Crippen LogP contribution in [0.2, 0.25) is 0 Å². The summed E-state index contributed by atoms with van der Waals surface area (Å²) in [4.78, 5) is 13.7. The highest BCUT2D eigenvalue weighted by Gasteiger charge is 2.20. The van der Waals surface area contributed by atoms with Gasteiger partial charge in [0.15, 0.2) is 0 Å². The lowest BCUT2D eigenvalue weighted by Gasteiger charge is -2.26. The molecule has 1 aromatic rings. The fraction of sp³-hybridized carbons (Fsp3) is 0.308. The van der Waals surface area contributed by atoms with E-state index in [4.69, 9.17) is 27.9 Å². The maximum absolute atomic E-state index is 12.0. The first kappa shape index (κ1) is 14.0. The fourth-order valence-corrected chi connectivity index (χ4v) is 2.13. The van der Waals surface area contributed by atoms with Gasteiger partial charge in [0.05, 0.1) is 18.7 Å². The van der Waals surface area contributed by atoms with Crippen molar-refractivity contribution < 1.29 is 9.53 Å². The maximum atomic E-state index is 12.0. The van der Waals surface area contributed by atoms with Crippen molar-refractivity contribution in [2.24, 2.45) is 0 Å². The molecular weight excluding hydrogens is 287 g/mol. The second-order valence-electron chi connectivity index (χ2n) is 4.14. The molecule has 6 heteroatoms. The van der Waals surface area contributed by atoms with Gasteiger partial charge in [-0.2, -0.15) is 0 Å². The van der Waals surface area contributed by atoms with Crippen molar-refractivity contribution >= 4 is 34.9 Å². The molecule has 1 heterocycles. The van der Waals surface area contributed by atoms with Gasteiger partial charge in [0.25, 0.3) is 0 Å². The minimum atomic E-state index is -0.188. The Labute approximate surface area is 121 Å². The molecule has 0 spiro atoms. The number of ether oxygens (including phenoxy) is 1. The molecule has 0 fully saturated rings. The van der Waals surface area contributed by atoms with Crippen LogP contribution in [0.4, 0.5) is 10.5 Å². The highest BCUT2D eigenvalue weighted by Crippen LogP contribution is 2.24. The summed E-state index contributed by atoms with van der Waals surface area (Å²) in [7, 11) is 1.60. The van der Waals surface area contributed by atoms with Gasteiger partial charge >= 0.3 is 6.03 Å². The number of carbonyl (C=O) groups is 1. The second-order valence-corrected chi connectivity index (χ2v) is 5.05. The molecule has 1 aromatic carbocycles. The molecule has 4 nitrogen and oxygen atoms in total. The molecule has 1 N–H and O–H groups in total. The Bertz CT molecular complexity index is 500. The van der Waals surface area contributed by atoms with Crippen molar-refractivity contribution in [3.05, 3.63) is 34.3 Å². The summed E-state index contributed by atoms with van der Waals surface area (Å²) >= 11 is 11.9. The average molecular weight is 301 g/mol. The van der Waals surface area contributed by atoms with E-state index in [0.717, 1.165) is 5.75 Å². The molecule has 0 atom stereocenters. The van der Waals surface area contributed by atoms with Gasteiger partial charge in [-0.3, -0.25) is 0 Å². The zero-order chi connectivity index (χ0) is 13.8. The number of amides is 2. The molecule has 0 unspecified atom stereocenters. The smallest absolute Gasteiger partial charge is 0.322 e. The molecular formula is C13H14Cl2N2O2. The van der Waals surface area contributed by atoms with Gasteiger partial charge in [-0.25, -0.2) is 4.79 Å². The molecule has 1 aliphatic rings. The predicted octanol–water partition coefficient (Wildman–Crippen LogP) is 3.62. The van der Waals surface area contributed by atoms with Crippen molar-refractivity contribution in [1.82, 2.24) is 4.90 Å². The number of nitrogens with one attached hydrogen (secondary N) is 1. The van der Waals surface area contributed by atoms with Crippen LogP contribution < -0.4 is 10.1 Å². The third-order valence-electron chi connectivity index (χ3n) is 2.85. The summed E-state index contributed by atoms with van der Waals surface area (Å²) in [6, 6.07) is 6.95. The molecule has 0 saturated carbocycles. The third-order valence-corrected chi connectivity index (χ3v) is 3.72. The Morgan fingerprint density at radius 3 is 2.53 bits per heavy atom. The first-order valence-corrected chi connectivity index (χ1v) is 6.58. The normalized spacial score (nSPS) is 15.4. The van der Waals surface area contributed by atoms with Gasteiger partial charge in [0.2, 0.25) is 0 Å². The van der Waals surface area contributed by atoms with Crippen molar-refractivity contribution in [3.63, 3.8) is 0 Å². The van der Waals surface area contributed by atoms with E-state index in [2.05, 4.69) is 5.32 Å². The van der Waals surface area contributed by atoms with Crippen molar-refractivity contribution in [1.29, 1.82) is 0 Å². The van der Waals surface area contributed by atoms with Gasteiger partial charge in [-0.1, -0.05) is 23.2 Å². The largest absolute Gasteiger partial charge is 0.497 e. The number of carbonyl (C=O) groups excluding carboxylic acids is 1. The van der Waals surface area contributed by atoms with Crippen LogP contribution in [0.5, 0.6) is 5.75 Å². The van der Waals surface area contributed by atoms with Crippen LogP contribution in [0, 0.1) is 0 Å². The first-order chi connectivity index (χ1) is 9.10. The number of halogens is 2. The summed E-state index contributed by atoms with van der Waals surface area (Å²) in [5.41, 5.74) is 0.711. The number of benzene rings is 1. The molecule has 1 aliphatic heterocycles. The first-order valence-electron chi connectivity index (χ1n) is 5.83. The van der Waals surface area contributed by atoms with E-state index >= 15 is 0 Å². The monoisotopic (exact) mass is 300 g/mol. The predicted molar refractivity (Wildman–Crippen MR) is 76.9 cm³/mol. The number of hydrogen-bond acceptors (Lipinski definition) is 2. The Morgan fingerprint density at radius 1 is 1.26 bits per heavy atom. The van der Waals surface area contributed by atoms with E-state index in [0.29, 0.717) is 35.3 Å². The summed E-state index contributed by atoms with van der Waals surface area (Å²) in [6.07, 6.45) is 0.594. The third kappa shape index (κ3) is 3.55. The second kappa shape index (κ2) is 6.17. The average Bonchev–Trinajstić information content (AvgIpc) is 2.42. The molecule has 2 amide bonds. The Kier molecular flexibility index (Phi) is 4.56. The molecule has 0 aliphatic carbocycles. The lowest BCUT2D eigenvalue weighted by atomic mass is 10.2. The van der Waals surface area contributed by atoms with Crippen LogP contribution >= 0.6 is 23.2 Å². The minimum Gasteiger partial charge on any atom is -0.497 e. The number of nitrogens with zero attached hydrogens (tertiary/aromatic N) is 1. The Balaban J connectivity index is 1.97. The lowest BCUT2D eigenvalue weighted by molar-refractivity contribution is 0.215. The van der Waals surface area contributed by atoms with Crippen molar-refractivity contribution in [2.45, 2.75) is 6.42 Å². The highest BCUT2D eigenvalue weighted by atomic mass is 35.5. The lowest BCUT2D eigenvalue weighted by Crippen LogP contribution is -2.38. The molecule has 0 radical (unpaired) electrons. The topological polar surface area (TPSA) is 41.6 Å². The summed E-state index contributed by atoms with van der Waals surface area (Å²) in [5, 5.41) is 3.97. The number of methoxy groups -OCH3 is 1. The molecule has 0 aromatic heterocycles. The van der Waals surface area contributed by atoms with Gasteiger partial charge in [-0.15, -0.1) is 0 Å². The van der Waals surface area contributed by atoms with E-state index in [1.165, 1.54) is 0 Å². The van der Waals surface area contributed by atoms with Gasteiger partial charge in [-0.05, 0) is 24.3 Å².